The molecule has 0 radical (unpaired) electrons. The van der Waals surface area contributed by atoms with Crippen LogP contribution in [0, 0.1) is 10.1 Å². The number of aromatic nitrogens is 1. The SMILES string of the molecule is CCOC(=O)CCn1c(=NC(=O)c2cc([N+](=O)[O-])ccc2Cl)sc2cc3c(cc21)OCO3. The zero-order valence-electron chi connectivity index (χ0n) is 16.7. The molecule has 0 aliphatic carbocycles. The van der Waals surface area contributed by atoms with Crippen LogP contribution in [0.4, 0.5) is 5.69 Å². The second kappa shape index (κ2) is 8.97. The third-order valence-electron chi connectivity index (χ3n) is 4.61. The van der Waals surface area contributed by atoms with Crippen molar-refractivity contribution in [3.8, 4) is 11.5 Å². The molecule has 10 nitrogen and oxygen atoms in total. The first-order chi connectivity index (χ1) is 15.4. The number of thiazole rings is 1. The lowest BCUT2D eigenvalue weighted by Gasteiger charge is -2.06. The van der Waals surface area contributed by atoms with Gasteiger partial charge in [-0.15, -0.1) is 0 Å². The smallest absolute Gasteiger partial charge is 0.307 e. The Bertz CT molecular complexity index is 1310. The normalized spacial score (nSPS) is 12.9. The fraction of sp³-hybridized carbons (Fsp3) is 0.250. The Kier molecular flexibility index (Phi) is 6.10. The lowest BCUT2D eigenvalue weighted by Crippen LogP contribution is -2.19. The predicted molar refractivity (Wildman–Crippen MR) is 115 cm³/mol. The molecule has 1 aromatic heterocycles. The van der Waals surface area contributed by atoms with Gasteiger partial charge in [-0.2, -0.15) is 4.99 Å². The summed E-state index contributed by atoms with van der Waals surface area (Å²) in [5.41, 5.74) is 0.329. The maximum absolute atomic E-state index is 12.9. The zero-order valence-corrected chi connectivity index (χ0v) is 18.3. The number of hydrogen-bond donors (Lipinski definition) is 0. The summed E-state index contributed by atoms with van der Waals surface area (Å²) in [6.07, 6.45) is 0.0626. The van der Waals surface area contributed by atoms with Gasteiger partial charge in [0.2, 0.25) is 6.79 Å². The van der Waals surface area contributed by atoms with Gasteiger partial charge >= 0.3 is 5.97 Å². The largest absolute Gasteiger partial charge is 0.466 e. The Hall–Kier alpha value is -3.44. The van der Waals surface area contributed by atoms with Gasteiger partial charge in [0, 0.05) is 30.8 Å². The van der Waals surface area contributed by atoms with Crippen molar-refractivity contribution in [1.29, 1.82) is 0 Å². The summed E-state index contributed by atoms with van der Waals surface area (Å²) in [6.45, 7) is 2.28. The first kappa shape index (κ1) is 21.8. The van der Waals surface area contributed by atoms with E-state index in [0.717, 1.165) is 10.8 Å². The van der Waals surface area contributed by atoms with Gasteiger partial charge in [0.15, 0.2) is 16.3 Å². The maximum Gasteiger partial charge on any atom is 0.307 e. The first-order valence-corrected chi connectivity index (χ1v) is 10.7. The molecule has 0 spiro atoms. The number of nitro groups is 1. The van der Waals surface area contributed by atoms with Gasteiger partial charge in [-0.3, -0.25) is 19.7 Å². The molecule has 12 heteroatoms. The van der Waals surface area contributed by atoms with Crippen LogP contribution in [0.25, 0.3) is 10.2 Å². The van der Waals surface area contributed by atoms with Crippen LogP contribution in [-0.4, -0.2) is 34.8 Å². The van der Waals surface area contributed by atoms with Gasteiger partial charge in [0.25, 0.3) is 11.6 Å². The molecule has 0 unspecified atom stereocenters. The summed E-state index contributed by atoms with van der Waals surface area (Å²) in [7, 11) is 0. The van der Waals surface area contributed by atoms with Crippen molar-refractivity contribution in [1.82, 2.24) is 4.57 Å². The molecule has 0 atom stereocenters. The number of benzene rings is 2. The molecule has 2 heterocycles. The number of nitro benzene ring substituents is 1. The van der Waals surface area contributed by atoms with Gasteiger partial charge in [-0.25, -0.2) is 0 Å². The fourth-order valence-corrected chi connectivity index (χ4v) is 4.40. The molecular formula is C20H16ClN3O7S. The second-order valence-electron chi connectivity index (χ2n) is 6.60. The van der Waals surface area contributed by atoms with Crippen LogP contribution in [0.2, 0.25) is 5.02 Å². The molecule has 32 heavy (non-hydrogen) atoms. The van der Waals surface area contributed by atoms with Crippen molar-refractivity contribution in [3.05, 3.63) is 55.8 Å². The van der Waals surface area contributed by atoms with Crippen LogP contribution in [-0.2, 0) is 16.1 Å². The Morgan fingerprint density at radius 2 is 2.03 bits per heavy atom. The number of hydrogen-bond acceptors (Lipinski definition) is 8. The van der Waals surface area contributed by atoms with E-state index in [2.05, 4.69) is 4.99 Å². The lowest BCUT2D eigenvalue weighted by molar-refractivity contribution is -0.384. The number of non-ortho nitro benzene ring substituents is 1. The monoisotopic (exact) mass is 477 g/mol. The van der Waals surface area contributed by atoms with Crippen molar-refractivity contribution >= 4 is 50.7 Å². The molecule has 1 aliphatic rings. The van der Waals surface area contributed by atoms with Crippen LogP contribution in [0.1, 0.15) is 23.7 Å². The minimum absolute atomic E-state index is 0.0457. The van der Waals surface area contributed by atoms with E-state index in [4.69, 9.17) is 25.8 Å². The van der Waals surface area contributed by atoms with Gasteiger partial charge in [0.05, 0.1) is 38.8 Å². The van der Waals surface area contributed by atoms with Gasteiger partial charge in [-0.05, 0) is 13.0 Å². The highest BCUT2D eigenvalue weighted by atomic mass is 35.5. The minimum Gasteiger partial charge on any atom is -0.466 e. The van der Waals surface area contributed by atoms with E-state index in [0.29, 0.717) is 21.8 Å². The fourth-order valence-electron chi connectivity index (χ4n) is 3.14. The Balaban J connectivity index is 1.80. The standard InChI is InChI=1S/C20H16ClN3O7S/c1-2-29-18(25)5-6-23-14-8-15-16(31-10-30-15)9-17(14)32-20(23)22-19(26)12-7-11(24(27)28)3-4-13(12)21/h3-4,7-9H,2,5-6,10H2,1H3. The van der Waals surface area contributed by atoms with Crippen molar-refractivity contribution in [2.45, 2.75) is 19.9 Å². The van der Waals surface area contributed by atoms with Crippen molar-refractivity contribution < 1.29 is 28.7 Å². The number of rotatable bonds is 6. The molecule has 0 fully saturated rings. The van der Waals surface area contributed by atoms with E-state index in [1.165, 1.54) is 23.5 Å². The number of nitrogens with zero attached hydrogens (tertiary/aromatic N) is 3. The number of halogens is 1. The number of fused-ring (bicyclic) bond motifs is 2. The average Bonchev–Trinajstić information content (AvgIpc) is 3.34. The summed E-state index contributed by atoms with van der Waals surface area (Å²) in [5.74, 6) is -0.0232. The molecule has 2 aromatic carbocycles. The van der Waals surface area contributed by atoms with Gasteiger partial charge in [0.1, 0.15) is 0 Å². The van der Waals surface area contributed by atoms with Crippen LogP contribution in [0.5, 0.6) is 11.5 Å². The van der Waals surface area contributed by atoms with Crippen LogP contribution in [0.15, 0.2) is 35.3 Å². The zero-order chi connectivity index (χ0) is 22.8. The van der Waals surface area contributed by atoms with Gasteiger partial charge < -0.3 is 18.8 Å². The maximum atomic E-state index is 12.9. The molecule has 1 amide bonds. The summed E-state index contributed by atoms with van der Waals surface area (Å²) in [6, 6.07) is 7.10. The topological polar surface area (TPSA) is 122 Å². The van der Waals surface area contributed by atoms with E-state index in [-0.39, 0.29) is 48.6 Å². The molecule has 0 N–H and O–H groups in total. The number of aryl methyl sites for hydroxylation is 1. The molecule has 0 saturated carbocycles. The van der Waals surface area contributed by atoms with Gasteiger partial charge in [-0.1, -0.05) is 22.9 Å². The predicted octanol–water partition coefficient (Wildman–Crippen LogP) is 3.69. The van der Waals surface area contributed by atoms with Crippen molar-refractivity contribution in [3.63, 3.8) is 0 Å². The average molecular weight is 478 g/mol. The summed E-state index contributed by atoms with van der Waals surface area (Å²) >= 11 is 7.29. The Morgan fingerprint density at radius 3 is 2.75 bits per heavy atom. The number of amides is 1. The van der Waals surface area contributed by atoms with Crippen LogP contribution < -0.4 is 14.3 Å². The summed E-state index contributed by atoms with van der Waals surface area (Å²) < 4.78 is 18.3. The Morgan fingerprint density at radius 1 is 1.28 bits per heavy atom. The van der Waals surface area contributed by atoms with Crippen LogP contribution >= 0.6 is 22.9 Å². The summed E-state index contributed by atoms with van der Waals surface area (Å²) in [4.78, 5) is 39.7. The van der Waals surface area contributed by atoms with Crippen LogP contribution in [0.3, 0.4) is 0 Å². The molecule has 0 bridgehead atoms. The molecule has 3 aromatic rings. The molecule has 1 aliphatic heterocycles. The minimum atomic E-state index is -0.741. The third kappa shape index (κ3) is 4.30. The quantitative estimate of drug-likeness (QED) is 0.301. The molecular weight excluding hydrogens is 462 g/mol. The van der Waals surface area contributed by atoms with E-state index in [1.54, 1.807) is 23.6 Å². The lowest BCUT2D eigenvalue weighted by atomic mass is 10.2. The Labute approximate surface area is 189 Å². The molecule has 4 rings (SSSR count). The van der Waals surface area contributed by atoms with Crippen molar-refractivity contribution in [2.75, 3.05) is 13.4 Å². The molecule has 166 valence electrons. The number of ether oxygens (including phenoxy) is 3. The highest BCUT2D eigenvalue weighted by Crippen LogP contribution is 2.37. The second-order valence-corrected chi connectivity index (χ2v) is 8.02. The number of carbonyl (C=O) groups is 2. The van der Waals surface area contributed by atoms with E-state index in [1.807, 2.05) is 0 Å². The van der Waals surface area contributed by atoms with E-state index < -0.39 is 10.8 Å². The highest BCUT2D eigenvalue weighted by molar-refractivity contribution is 7.16. The van der Waals surface area contributed by atoms with E-state index >= 15 is 0 Å². The van der Waals surface area contributed by atoms with Crippen molar-refractivity contribution in [2.24, 2.45) is 4.99 Å². The summed E-state index contributed by atoms with van der Waals surface area (Å²) in [5, 5.41) is 11.1. The number of carbonyl (C=O) groups excluding carboxylic acids is 2. The first-order valence-electron chi connectivity index (χ1n) is 9.49. The number of esters is 1. The highest BCUT2D eigenvalue weighted by Gasteiger charge is 2.20. The molecule has 0 saturated heterocycles. The van der Waals surface area contributed by atoms with E-state index in [9.17, 15) is 19.7 Å². The third-order valence-corrected chi connectivity index (χ3v) is 5.98.